The van der Waals surface area contributed by atoms with Crippen LogP contribution in [0.1, 0.15) is 23.2 Å². The predicted octanol–water partition coefficient (Wildman–Crippen LogP) is 0.970. The molecule has 0 radical (unpaired) electrons. The minimum atomic E-state index is -0.0370. The summed E-state index contributed by atoms with van der Waals surface area (Å²) in [6, 6.07) is 6.32. The van der Waals surface area contributed by atoms with Crippen LogP contribution in [0.3, 0.4) is 0 Å². The van der Waals surface area contributed by atoms with Crippen molar-refractivity contribution in [2.24, 2.45) is 5.73 Å². The zero-order valence-corrected chi connectivity index (χ0v) is 11.1. The second-order valence-electron chi connectivity index (χ2n) is 4.82. The first-order valence-corrected chi connectivity index (χ1v) is 6.48. The van der Waals surface area contributed by atoms with Crippen LogP contribution in [0, 0.1) is 0 Å². The number of hydrogen-bond acceptors (Lipinski definition) is 4. The molecule has 1 aromatic carbocycles. The van der Waals surface area contributed by atoms with E-state index in [4.69, 9.17) is 10.5 Å². The van der Waals surface area contributed by atoms with E-state index in [0.29, 0.717) is 18.7 Å². The van der Waals surface area contributed by atoms with Crippen molar-refractivity contribution in [3.63, 3.8) is 0 Å². The van der Waals surface area contributed by atoms with Gasteiger partial charge in [0, 0.05) is 31.8 Å². The third kappa shape index (κ3) is 3.05. The number of aromatic hydroxyl groups is 1. The lowest BCUT2D eigenvalue weighted by Crippen LogP contribution is -2.51. The van der Waals surface area contributed by atoms with E-state index in [1.165, 1.54) is 12.1 Å². The monoisotopic (exact) mass is 264 g/mol. The Kier molecular flexibility index (Phi) is 4.39. The van der Waals surface area contributed by atoms with Gasteiger partial charge < -0.3 is 20.5 Å². The Labute approximate surface area is 113 Å². The Bertz CT molecular complexity index is 433. The molecule has 5 heteroatoms. The molecule has 0 saturated carbocycles. The zero-order valence-electron chi connectivity index (χ0n) is 11.1. The van der Waals surface area contributed by atoms with E-state index in [9.17, 15) is 9.90 Å². The number of nitrogens with two attached hydrogens (primary N) is 1. The van der Waals surface area contributed by atoms with E-state index in [1.807, 2.05) is 4.90 Å². The summed E-state index contributed by atoms with van der Waals surface area (Å²) in [7, 11) is 1.69. The van der Waals surface area contributed by atoms with Gasteiger partial charge in [0.05, 0.1) is 6.10 Å². The smallest absolute Gasteiger partial charge is 0.254 e. The highest BCUT2D eigenvalue weighted by atomic mass is 16.5. The van der Waals surface area contributed by atoms with Gasteiger partial charge in [-0.05, 0) is 37.1 Å². The van der Waals surface area contributed by atoms with Gasteiger partial charge in [-0.1, -0.05) is 0 Å². The van der Waals surface area contributed by atoms with Crippen LogP contribution in [-0.2, 0) is 4.74 Å². The van der Waals surface area contributed by atoms with Crippen molar-refractivity contribution in [1.82, 2.24) is 4.90 Å². The van der Waals surface area contributed by atoms with Crippen molar-refractivity contribution in [3.8, 4) is 5.75 Å². The Morgan fingerprint density at radius 2 is 2.16 bits per heavy atom. The van der Waals surface area contributed by atoms with Crippen molar-refractivity contribution in [3.05, 3.63) is 29.8 Å². The number of carbonyl (C=O) groups is 1. The number of hydrogen-bond donors (Lipinski definition) is 2. The summed E-state index contributed by atoms with van der Waals surface area (Å²) in [5, 5.41) is 9.25. The summed E-state index contributed by atoms with van der Waals surface area (Å²) in [5.41, 5.74) is 6.34. The van der Waals surface area contributed by atoms with Gasteiger partial charge in [-0.3, -0.25) is 4.79 Å². The van der Waals surface area contributed by atoms with E-state index in [1.54, 1.807) is 19.2 Å². The quantitative estimate of drug-likeness (QED) is 0.853. The highest BCUT2D eigenvalue weighted by Gasteiger charge is 2.31. The standard InChI is InChI=1S/C14H20N2O3/c1-19-13-6-7-16(11(8-13)9-15)14(18)10-2-4-12(17)5-3-10/h2-5,11,13,17H,6-9,15H2,1H3. The number of likely N-dealkylation sites (tertiary alicyclic amines) is 1. The van der Waals surface area contributed by atoms with Crippen molar-refractivity contribution < 1.29 is 14.6 Å². The lowest BCUT2D eigenvalue weighted by Gasteiger charge is -2.38. The van der Waals surface area contributed by atoms with Crippen molar-refractivity contribution in [2.75, 3.05) is 20.2 Å². The second-order valence-corrected chi connectivity index (χ2v) is 4.82. The Morgan fingerprint density at radius 1 is 1.47 bits per heavy atom. The number of ether oxygens (including phenoxy) is 1. The molecule has 0 bridgehead atoms. The number of phenolic OH excluding ortho intramolecular Hbond substituents is 1. The van der Waals surface area contributed by atoms with Crippen LogP contribution in [0.15, 0.2) is 24.3 Å². The van der Waals surface area contributed by atoms with E-state index in [2.05, 4.69) is 0 Å². The van der Waals surface area contributed by atoms with Crippen molar-refractivity contribution >= 4 is 5.91 Å². The van der Waals surface area contributed by atoms with Crippen LogP contribution in [-0.4, -0.2) is 48.3 Å². The average Bonchev–Trinajstić information content (AvgIpc) is 2.46. The summed E-state index contributed by atoms with van der Waals surface area (Å²) in [5.74, 6) is 0.120. The maximum Gasteiger partial charge on any atom is 0.254 e. The Morgan fingerprint density at radius 3 is 2.74 bits per heavy atom. The predicted molar refractivity (Wildman–Crippen MR) is 72.0 cm³/mol. The fourth-order valence-corrected chi connectivity index (χ4v) is 2.49. The first-order chi connectivity index (χ1) is 9.15. The molecule has 1 amide bonds. The zero-order chi connectivity index (χ0) is 13.8. The normalized spacial score (nSPS) is 23.4. The molecule has 1 saturated heterocycles. The maximum atomic E-state index is 12.4. The van der Waals surface area contributed by atoms with Crippen LogP contribution in [0.4, 0.5) is 0 Å². The summed E-state index contributed by atoms with van der Waals surface area (Å²) in [6.45, 7) is 1.09. The molecule has 2 rings (SSSR count). The topological polar surface area (TPSA) is 75.8 Å². The molecule has 19 heavy (non-hydrogen) atoms. The maximum absolute atomic E-state index is 12.4. The van der Waals surface area contributed by atoms with Crippen LogP contribution < -0.4 is 5.73 Å². The molecular formula is C14H20N2O3. The number of piperidine rings is 1. The van der Waals surface area contributed by atoms with Gasteiger partial charge in [0.2, 0.25) is 0 Å². The fraction of sp³-hybridized carbons (Fsp3) is 0.500. The molecule has 1 aliphatic heterocycles. The van der Waals surface area contributed by atoms with Gasteiger partial charge >= 0.3 is 0 Å². The third-order valence-electron chi connectivity index (χ3n) is 3.65. The van der Waals surface area contributed by atoms with Crippen LogP contribution in [0.25, 0.3) is 0 Å². The summed E-state index contributed by atoms with van der Waals surface area (Å²) in [6.07, 6.45) is 1.78. The summed E-state index contributed by atoms with van der Waals surface area (Å²) in [4.78, 5) is 14.2. The molecule has 3 N–H and O–H groups in total. The molecular weight excluding hydrogens is 244 g/mol. The van der Waals surface area contributed by atoms with Gasteiger partial charge in [-0.15, -0.1) is 0 Å². The van der Waals surface area contributed by atoms with Gasteiger partial charge in [-0.25, -0.2) is 0 Å². The number of carbonyl (C=O) groups excluding carboxylic acids is 1. The van der Waals surface area contributed by atoms with Crippen LogP contribution in [0.5, 0.6) is 5.75 Å². The number of methoxy groups -OCH3 is 1. The van der Waals surface area contributed by atoms with Gasteiger partial charge in [0.15, 0.2) is 0 Å². The molecule has 104 valence electrons. The van der Waals surface area contributed by atoms with Crippen LogP contribution >= 0.6 is 0 Å². The Balaban J connectivity index is 2.11. The average molecular weight is 264 g/mol. The summed E-state index contributed by atoms with van der Waals surface area (Å²) >= 11 is 0. The number of phenols is 1. The van der Waals surface area contributed by atoms with Crippen molar-refractivity contribution in [1.29, 1.82) is 0 Å². The number of amides is 1. The third-order valence-corrected chi connectivity index (χ3v) is 3.65. The van der Waals surface area contributed by atoms with E-state index >= 15 is 0 Å². The molecule has 0 aromatic heterocycles. The second kappa shape index (κ2) is 6.04. The number of rotatable bonds is 3. The summed E-state index contributed by atoms with van der Waals surface area (Å²) < 4.78 is 5.35. The van der Waals surface area contributed by atoms with Gasteiger partial charge in [-0.2, -0.15) is 0 Å². The van der Waals surface area contributed by atoms with E-state index in [-0.39, 0.29) is 23.8 Å². The van der Waals surface area contributed by atoms with Gasteiger partial charge in [0.1, 0.15) is 5.75 Å². The SMILES string of the molecule is COC1CCN(C(=O)c2ccc(O)cc2)C(CN)C1. The minimum Gasteiger partial charge on any atom is -0.508 e. The largest absolute Gasteiger partial charge is 0.508 e. The van der Waals surface area contributed by atoms with Crippen molar-refractivity contribution in [2.45, 2.75) is 25.0 Å². The minimum absolute atomic E-state index is 0.0139. The van der Waals surface area contributed by atoms with E-state index in [0.717, 1.165) is 12.8 Å². The molecule has 1 fully saturated rings. The first-order valence-electron chi connectivity index (χ1n) is 6.48. The lowest BCUT2D eigenvalue weighted by atomic mass is 9.98. The molecule has 2 unspecified atom stereocenters. The highest BCUT2D eigenvalue weighted by Crippen LogP contribution is 2.22. The molecule has 2 atom stereocenters. The number of benzene rings is 1. The molecule has 0 aliphatic carbocycles. The molecule has 1 aromatic rings. The molecule has 1 heterocycles. The molecule has 1 aliphatic rings. The van der Waals surface area contributed by atoms with E-state index < -0.39 is 0 Å². The lowest BCUT2D eigenvalue weighted by molar-refractivity contribution is 0.0139. The fourth-order valence-electron chi connectivity index (χ4n) is 2.49. The van der Waals surface area contributed by atoms with Gasteiger partial charge in [0.25, 0.3) is 5.91 Å². The van der Waals surface area contributed by atoms with Crippen LogP contribution in [0.2, 0.25) is 0 Å². The number of nitrogens with zero attached hydrogens (tertiary/aromatic N) is 1. The molecule has 5 nitrogen and oxygen atoms in total. The highest BCUT2D eigenvalue weighted by molar-refractivity contribution is 5.94. The molecule has 0 spiro atoms. The first kappa shape index (κ1) is 13.8. The Hall–Kier alpha value is -1.59.